The molecule has 2 N–H and O–H groups in total. The number of rotatable bonds is 8. The highest BCUT2D eigenvalue weighted by Gasteiger charge is 2.12. The van der Waals surface area contributed by atoms with Crippen LogP contribution in [0, 0.1) is 10.1 Å². The van der Waals surface area contributed by atoms with Crippen LogP contribution in [0.4, 0.5) is 11.4 Å². The van der Waals surface area contributed by atoms with Gasteiger partial charge in [-0.2, -0.15) is 0 Å². The summed E-state index contributed by atoms with van der Waals surface area (Å²) in [5.41, 5.74) is 1.71. The summed E-state index contributed by atoms with van der Waals surface area (Å²) < 4.78 is 0. The molecule has 100 valence electrons. The van der Waals surface area contributed by atoms with E-state index in [1.165, 1.54) is 0 Å². The molecule has 0 saturated carbocycles. The molecule has 0 spiro atoms. The lowest BCUT2D eigenvalue weighted by atomic mass is 10.1. The maximum atomic E-state index is 10.9. The summed E-state index contributed by atoms with van der Waals surface area (Å²) in [5.74, 6) is 0. The number of unbranched alkanes of at least 4 members (excludes halogenated alkanes) is 2. The Morgan fingerprint density at radius 3 is 2.72 bits per heavy atom. The first-order valence-corrected chi connectivity index (χ1v) is 6.31. The fourth-order valence-corrected chi connectivity index (χ4v) is 1.79. The van der Waals surface area contributed by atoms with Crippen LogP contribution in [0.15, 0.2) is 18.2 Å². The number of anilines is 1. The summed E-state index contributed by atoms with van der Waals surface area (Å²) in [7, 11) is 0. The normalized spacial score (nSPS) is 10.3. The van der Waals surface area contributed by atoms with Crippen LogP contribution in [0.5, 0.6) is 0 Å². The number of nitrogens with one attached hydrogen (secondary N) is 1. The maximum Gasteiger partial charge on any atom is 0.274 e. The van der Waals surface area contributed by atoms with E-state index in [0.29, 0.717) is 6.42 Å². The number of nitro groups is 1. The molecule has 0 saturated heterocycles. The van der Waals surface area contributed by atoms with E-state index in [-0.39, 0.29) is 17.2 Å². The van der Waals surface area contributed by atoms with Gasteiger partial charge in [-0.15, -0.1) is 0 Å². The lowest BCUT2D eigenvalue weighted by Gasteiger charge is -2.07. The van der Waals surface area contributed by atoms with Gasteiger partial charge in [0.15, 0.2) is 0 Å². The first kappa shape index (κ1) is 14.4. The number of aryl methyl sites for hydroxylation is 1. The Morgan fingerprint density at radius 2 is 2.11 bits per heavy atom. The fourth-order valence-electron chi connectivity index (χ4n) is 1.79. The Morgan fingerprint density at radius 1 is 1.33 bits per heavy atom. The van der Waals surface area contributed by atoms with Crippen LogP contribution in [-0.4, -0.2) is 23.2 Å². The molecule has 0 bridgehead atoms. The lowest BCUT2D eigenvalue weighted by molar-refractivity contribution is -0.385. The Labute approximate surface area is 107 Å². The first-order chi connectivity index (χ1) is 8.69. The second-order valence-electron chi connectivity index (χ2n) is 4.17. The van der Waals surface area contributed by atoms with Gasteiger partial charge in [0.1, 0.15) is 0 Å². The van der Waals surface area contributed by atoms with E-state index >= 15 is 0 Å². The van der Waals surface area contributed by atoms with Crippen molar-refractivity contribution in [2.75, 3.05) is 18.5 Å². The predicted molar refractivity (Wildman–Crippen MR) is 71.9 cm³/mol. The first-order valence-electron chi connectivity index (χ1n) is 6.31. The van der Waals surface area contributed by atoms with Gasteiger partial charge in [-0.25, -0.2) is 0 Å². The van der Waals surface area contributed by atoms with Gasteiger partial charge < -0.3 is 10.4 Å². The Hall–Kier alpha value is -1.62. The molecule has 0 aromatic heterocycles. The zero-order chi connectivity index (χ0) is 13.4. The average molecular weight is 252 g/mol. The largest absolute Gasteiger partial charge is 0.396 e. The van der Waals surface area contributed by atoms with E-state index in [4.69, 9.17) is 5.11 Å². The topological polar surface area (TPSA) is 75.4 Å². The standard InChI is InChI=1S/C13H20N2O3/c1-2-11-6-7-12(10-13(11)15(17)18)14-8-4-3-5-9-16/h6-7,10,14,16H,2-5,8-9H2,1H3. The lowest BCUT2D eigenvalue weighted by Crippen LogP contribution is -2.03. The Balaban J connectivity index is 2.56. The predicted octanol–water partition coefficient (Wildman–Crippen LogP) is 2.73. The van der Waals surface area contributed by atoms with Crippen LogP contribution >= 0.6 is 0 Å². The third kappa shape index (κ3) is 4.33. The molecule has 0 heterocycles. The number of benzene rings is 1. The van der Waals surface area contributed by atoms with Crippen molar-refractivity contribution in [3.8, 4) is 0 Å². The zero-order valence-electron chi connectivity index (χ0n) is 10.7. The summed E-state index contributed by atoms with van der Waals surface area (Å²) in [4.78, 5) is 10.6. The number of hydrogen-bond acceptors (Lipinski definition) is 4. The third-order valence-electron chi connectivity index (χ3n) is 2.83. The van der Waals surface area contributed by atoms with Gasteiger partial charge in [-0.05, 0) is 31.7 Å². The van der Waals surface area contributed by atoms with Crippen LogP contribution in [0.25, 0.3) is 0 Å². The highest BCUT2D eigenvalue weighted by atomic mass is 16.6. The van der Waals surface area contributed by atoms with Crippen LogP contribution in [0.2, 0.25) is 0 Å². The van der Waals surface area contributed by atoms with E-state index < -0.39 is 0 Å². The van der Waals surface area contributed by atoms with Crippen molar-refractivity contribution in [1.82, 2.24) is 0 Å². The minimum Gasteiger partial charge on any atom is -0.396 e. The number of nitrogens with zero attached hydrogens (tertiary/aromatic N) is 1. The SMILES string of the molecule is CCc1ccc(NCCCCCO)cc1[N+](=O)[O-]. The highest BCUT2D eigenvalue weighted by molar-refractivity contribution is 5.55. The molecular weight excluding hydrogens is 232 g/mol. The third-order valence-corrected chi connectivity index (χ3v) is 2.83. The molecule has 5 heteroatoms. The fraction of sp³-hybridized carbons (Fsp3) is 0.538. The molecule has 0 aliphatic heterocycles. The Kier molecular flexibility index (Phi) is 6.14. The molecule has 0 radical (unpaired) electrons. The van der Waals surface area contributed by atoms with Crippen LogP contribution in [0.1, 0.15) is 31.7 Å². The summed E-state index contributed by atoms with van der Waals surface area (Å²) in [6, 6.07) is 5.26. The van der Waals surface area contributed by atoms with E-state index in [0.717, 1.165) is 37.1 Å². The van der Waals surface area contributed by atoms with Crippen LogP contribution in [0.3, 0.4) is 0 Å². The molecule has 5 nitrogen and oxygen atoms in total. The van der Waals surface area contributed by atoms with E-state index in [1.807, 2.05) is 13.0 Å². The van der Waals surface area contributed by atoms with E-state index in [9.17, 15) is 10.1 Å². The molecule has 1 rings (SSSR count). The van der Waals surface area contributed by atoms with Crippen molar-refractivity contribution < 1.29 is 10.0 Å². The summed E-state index contributed by atoms with van der Waals surface area (Å²) >= 11 is 0. The quantitative estimate of drug-likeness (QED) is 0.424. The van der Waals surface area contributed by atoms with Gasteiger partial charge in [-0.3, -0.25) is 10.1 Å². The van der Waals surface area contributed by atoms with Crippen molar-refractivity contribution in [2.24, 2.45) is 0 Å². The van der Waals surface area contributed by atoms with Crippen molar-refractivity contribution in [2.45, 2.75) is 32.6 Å². The molecule has 18 heavy (non-hydrogen) atoms. The minimum atomic E-state index is -0.338. The summed E-state index contributed by atoms with van der Waals surface area (Å²) in [6.45, 7) is 2.89. The zero-order valence-corrected chi connectivity index (χ0v) is 10.7. The minimum absolute atomic E-state index is 0.179. The van der Waals surface area contributed by atoms with Crippen molar-refractivity contribution >= 4 is 11.4 Å². The highest BCUT2D eigenvalue weighted by Crippen LogP contribution is 2.23. The van der Waals surface area contributed by atoms with Crippen LogP contribution in [-0.2, 0) is 6.42 Å². The summed E-state index contributed by atoms with van der Waals surface area (Å²) in [5, 5.41) is 22.7. The van der Waals surface area contributed by atoms with Gasteiger partial charge >= 0.3 is 0 Å². The van der Waals surface area contributed by atoms with Crippen molar-refractivity contribution in [1.29, 1.82) is 0 Å². The van der Waals surface area contributed by atoms with Crippen molar-refractivity contribution in [3.63, 3.8) is 0 Å². The molecular formula is C13H20N2O3. The van der Waals surface area contributed by atoms with E-state index in [2.05, 4.69) is 5.32 Å². The smallest absolute Gasteiger partial charge is 0.274 e. The maximum absolute atomic E-state index is 10.9. The molecule has 1 aromatic rings. The van der Waals surface area contributed by atoms with Gasteiger partial charge in [-0.1, -0.05) is 13.0 Å². The second kappa shape index (κ2) is 7.66. The number of hydrogen-bond donors (Lipinski definition) is 2. The average Bonchev–Trinajstić information content (AvgIpc) is 2.38. The molecule has 1 aromatic carbocycles. The molecule has 0 fully saturated rings. The molecule has 0 aliphatic carbocycles. The summed E-state index contributed by atoms with van der Waals surface area (Å²) in [6.07, 6.45) is 3.37. The second-order valence-corrected chi connectivity index (χ2v) is 4.17. The molecule has 0 unspecified atom stereocenters. The van der Waals surface area contributed by atoms with E-state index in [1.54, 1.807) is 12.1 Å². The van der Waals surface area contributed by atoms with Gasteiger partial charge in [0.2, 0.25) is 0 Å². The van der Waals surface area contributed by atoms with Gasteiger partial charge in [0, 0.05) is 30.5 Å². The van der Waals surface area contributed by atoms with Gasteiger partial charge in [0.25, 0.3) is 5.69 Å². The number of aliphatic hydroxyl groups is 1. The molecule has 0 aliphatic rings. The molecule has 0 amide bonds. The van der Waals surface area contributed by atoms with Crippen LogP contribution < -0.4 is 5.32 Å². The monoisotopic (exact) mass is 252 g/mol. The van der Waals surface area contributed by atoms with Gasteiger partial charge in [0.05, 0.1) is 4.92 Å². The Bertz CT molecular complexity index is 394. The number of aliphatic hydroxyl groups excluding tert-OH is 1. The molecule has 0 atom stereocenters. The number of nitro benzene ring substituents is 1. The van der Waals surface area contributed by atoms with Crippen molar-refractivity contribution in [3.05, 3.63) is 33.9 Å².